The van der Waals surface area contributed by atoms with E-state index in [0.29, 0.717) is 16.7 Å². The first kappa shape index (κ1) is 30.3. The molecule has 9 heteroatoms. The Morgan fingerprint density at radius 2 is 1.45 bits per heavy atom. The van der Waals surface area contributed by atoms with Crippen LogP contribution < -0.4 is 5.63 Å². The molecule has 0 saturated heterocycles. The fourth-order valence-corrected chi connectivity index (χ4v) is 4.32. The maximum absolute atomic E-state index is 11.8. The molecule has 0 saturated carbocycles. The summed E-state index contributed by atoms with van der Waals surface area (Å²) in [6, 6.07) is 9.43. The molecule has 0 radical (unpaired) electrons. The van der Waals surface area contributed by atoms with Crippen LogP contribution in [-0.2, 0) is 36.8 Å². The van der Waals surface area contributed by atoms with Gasteiger partial charge in [-0.2, -0.15) is 0 Å². The SMILES string of the molecule is CC(=O)CC(=O)Cl.CC(=O)Cc1cc2cc(C)cc(C)c2c(=O)o1.Cc1cc(C)c2c(c1)CC(=O)OC2=O. The summed E-state index contributed by atoms with van der Waals surface area (Å²) in [6.07, 6.45) is 0.212. The lowest BCUT2D eigenvalue weighted by Crippen LogP contribution is -2.24. The molecule has 0 spiro atoms. The maximum atomic E-state index is 11.8. The van der Waals surface area contributed by atoms with Crippen molar-refractivity contribution in [2.45, 2.75) is 60.8 Å². The van der Waals surface area contributed by atoms with Crippen LogP contribution in [0.4, 0.5) is 0 Å². The number of fused-ring (bicyclic) bond motifs is 2. The molecule has 0 amide bonds. The van der Waals surface area contributed by atoms with Crippen molar-refractivity contribution in [2.24, 2.45) is 0 Å². The molecular weight excluding hydrogens is 512 g/mol. The van der Waals surface area contributed by atoms with E-state index < -0.39 is 17.2 Å². The highest BCUT2D eigenvalue weighted by molar-refractivity contribution is 6.64. The van der Waals surface area contributed by atoms with Crippen molar-refractivity contribution in [3.63, 3.8) is 0 Å². The average molecular weight is 541 g/mol. The summed E-state index contributed by atoms with van der Waals surface area (Å²) < 4.78 is 9.70. The third-order valence-electron chi connectivity index (χ3n) is 5.37. The van der Waals surface area contributed by atoms with Gasteiger partial charge in [0.15, 0.2) is 0 Å². The Morgan fingerprint density at radius 3 is 2.00 bits per heavy atom. The Kier molecular flexibility index (Phi) is 10.4. The molecule has 1 aliphatic heterocycles. The fraction of sp³-hybridized carbons (Fsp3) is 0.310. The van der Waals surface area contributed by atoms with Gasteiger partial charge in [-0.1, -0.05) is 35.4 Å². The quantitative estimate of drug-likeness (QED) is 0.262. The smallest absolute Gasteiger partial charge is 0.346 e. The molecule has 1 aromatic heterocycles. The van der Waals surface area contributed by atoms with Crippen LogP contribution >= 0.6 is 11.6 Å². The molecule has 0 aliphatic carbocycles. The molecule has 0 atom stereocenters. The van der Waals surface area contributed by atoms with Gasteiger partial charge in [-0.25, -0.2) is 9.59 Å². The summed E-state index contributed by atoms with van der Waals surface area (Å²) in [4.78, 5) is 65.0. The second kappa shape index (κ2) is 13.1. The molecule has 8 nitrogen and oxygen atoms in total. The third kappa shape index (κ3) is 8.59. The van der Waals surface area contributed by atoms with Gasteiger partial charge in [-0.15, -0.1) is 0 Å². The van der Waals surface area contributed by atoms with E-state index in [9.17, 15) is 28.8 Å². The minimum Gasteiger partial charge on any atom is -0.427 e. The van der Waals surface area contributed by atoms with Gasteiger partial charge in [0.05, 0.1) is 30.2 Å². The average Bonchev–Trinajstić information content (AvgIpc) is 2.71. The molecule has 2 heterocycles. The highest BCUT2D eigenvalue weighted by Gasteiger charge is 2.26. The van der Waals surface area contributed by atoms with E-state index in [1.165, 1.54) is 13.8 Å². The van der Waals surface area contributed by atoms with Crippen LogP contribution in [0.25, 0.3) is 10.8 Å². The summed E-state index contributed by atoms with van der Waals surface area (Å²) in [5.74, 6) is -0.766. The van der Waals surface area contributed by atoms with Crippen LogP contribution in [0.2, 0.25) is 0 Å². The van der Waals surface area contributed by atoms with Gasteiger partial charge in [0.2, 0.25) is 5.24 Å². The summed E-state index contributed by atoms with van der Waals surface area (Å²) in [5.41, 5.74) is 4.90. The van der Waals surface area contributed by atoms with Gasteiger partial charge in [-0.05, 0) is 81.3 Å². The Morgan fingerprint density at radius 1 is 0.842 bits per heavy atom. The number of hydrogen-bond acceptors (Lipinski definition) is 8. The van der Waals surface area contributed by atoms with Gasteiger partial charge in [0, 0.05) is 0 Å². The van der Waals surface area contributed by atoms with Crippen LogP contribution in [0.15, 0.2) is 39.5 Å². The second-order valence-corrected chi connectivity index (χ2v) is 9.63. The molecule has 0 N–H and O–H groups in total. The standard InChI is InChI=1S/C14H14O3.C11H10O3.C4H5ClO2/c1-8-4-9(2)13-11(5-8)7-12(6-10(3)15)17-14(13)16;1-6-3-7(2)10-8(4-6)5-9(12)14-11(10)13;1-3(6)2-4(5)7/h4-5,7H,6H2,1-3H3;3-4H,5H2,1-2H3;2H2,1H3. The fourth-order valence-electron chi connectivity index (χ4n) is 4.13. The van der Waals surface area contributed by atoms with Crippen molar-refractivity contribution in [3.8, 4) is 0 Å². The topological polar surface area (TPSA) is 125 Å². The number of halogens is 1. The zero-order chi connectivity index (χ0) is 28.7. The Balaban J connectivity index is 0.000000218. The number of esters is 2. The second-order valence-electron chi connectivity index (χ2n) is 9.21. The van der Waals surface area contributed by atoms with Crippen LogP contribution in [0.1, 0.15) is 64.2 Å². The van der Waals surface area contributed by atoms with Crippen molar-refractivity contribution in [2.75, 3.05) is 0 Å². The predicted molar refractivity (Wildman–Crippen MR) is 143 cm³/mol. The molecule has 0 fully saturated rings. The number of aryl methyl sites for hydroxylation is 4. The molecule has 4 rings (SSSR count). The Hall–Kier alpha value is -3.91. The van der Waals surface area contributed by atoms with Crippen molar-refractivity contribution >= 4 is 51.1 Å². The minimum absolute atomic E-state index is 0.0168. The summed E-state index contributed by atoms with van der Waals surface area (Å²) in [5, 5.41) is 0.852. The first-order valence-electron chi connectivity index (χ1n) is 11.7. The first-order chi connectivity index (χ1) is 17.7. The highest BCUT2D eigenvalue weighted by atomic mass is 35.5. The first-order valence-corrected chi connectivity index (χ1v) is 12.1. The monoisotopic (exact) mass is 540 g/mol. The van der Waals surface area contributed by atoms with Crippen molar-refractivity contribution < 1.29 is 33.1 Å². The van der Waals surface area contributed by atoms with Gasteiger partial charge in [-0.3, -0.25) is 19.2 Å². The summed E-state index contributed by atoms with van der Waals surface area (Å²) >= 11 is 4.81. The van der Waals surface area contributed by atoms with E-state index >= 15 is 0 Å². The zero-order valence-electron chi connectivity index (χ0n) is 22.2. The number of Topliss-reactive ketones (excluding diaryl/α,β-unsaturated/α-hetero) is 2. The molecule has 0 bridgehead atoms. The van der Waals surface area contributed by atoms with E-state index in [0.717, 1.165) is 33.2 Å². The third-order valence-corrected chi connectivity index (χ3v) is 5.51. The van der Waals surface area contributed by atoms with E-state index in [1.807, 2.05) is 52.0 Å². The predicted octanol–water partition coefficient (Wildman–Crippen LogP) is 4.82. The molecule has 2 aromatic carbocycles. The highest BCUT2D eigenvalue weighted by Crippen LogP contribution is 2.23. The molecule has 1 aliphatic rings. The molecule has 200 valence electrons. The molecule has 3 aromatic rings. The molecule has 38 heavy (non-hydrogen) atoms. The number of hydrogen-bond donors (Lipinski definition) is 0. The van der Waals surface area contributed by atoms with Crippen molar-refractivity contribution in [1.29, 1.82) is 0 Å². The van der Waals surface area contributed by atoms with Crippen LogP contribution in [0.5, 0.6) is 0 Å². The van der Waals surface area contributed by atoms with E-state index in [2.05, 4.69) is 4.74 Å². The number of carbonyl (C=O) groups is 5. The zero-order valence-corrected chi connectivity index (χ0v) is 22.9. The number of ether oxygens (including phenoxy) is 1. The molecular formula is C29H29ClO8. The van der Waals surface area contributed by atoms with E-state index in [4.69, 9.17) is 16.0 Å². The maximum Gasteiger partial charge on any atom is 0.346 e. The number of benzene rings is 2. The van der Waals surface area contributed by atoms with E-state index in [-0.39, 0.29) is 36.5 Å². The lowest BCUT2D eigenvalue weighted by molar-refractivity contribution is -0.138. The van der Waals surface area contributed by atoms with Crippen molar-refractivity contribution in [1.82, 2.24) is 0 Å². The minimum atomic E-state index is -0.590. The van der Waals surface area contributed by atoms with Gasteiger partial charge in [0.1, 0.15) is 17.3 Å². The van der Waals surface area contributed by atoms with Crippen LogP contribution in [0, 0.1) is 27.7 Å². The summed E-state index contributed by atoms with van der Waals surface area (Å²) in [7, 11) is 0. The van der Waals surface area contributed by atoms with Crippen LogP contribution in [-0.4, -0.2) is 28.7 Å². The van der Waals surface area contributed by atoms with E-state index in [1.54, 1.807) is 6.07 Å². The normalized spacial score (nSPS) is 11.9. The number of ketones is 2. The molecule has 0 unspecified atom stereocenters. The van der Waals surface area contributed by atoms with Gasteiger partial charge in [0.25, 0.3) is 0 Å². The summed E-state index contributed by atoms with van der Waals surface area (Å²) in [6.45, 7) is 10.5. The lowest BCUT2D eigenvalue weighted by Gasteiger charge is -2.16. The Labute approximate surface area is 224 Å². The van der Waals surface area contributed by atoms with Crippen molar-refractivity contribution in [3.05, 3.63) is 79.9 Å². The number of carbonyl (C=O) groups excluding carboxylic acids is 5. The lowest BCUT2D eigenvalue weighted by atomic mass is 9.95. The number of cyclic esters (lactones) is 2. The largest absolute Gasteiger partial charge is 0.427 e. The van der Waals surface area contributed by atoms with Crippen LogP contribution in [0.3, 0.4) is 0 Å². The number of rotatable bonds is 4. The Bertz CT molecular complexity index is 1480. The van der Waals surface area contributed by atoms with Gasteiger partial charge >= 0.3 is 17.6 Å². The van der Waals surface area contributed by atoms with Gasteiger partial charge < -0.3 is 9.15 Å².